The Balaban J connectivity index is 1.46. The molecular formula is C20H18BrN5OS. The van der Waals surface area contributed by atoms with Gasteiger partial charge in [-0.05, 0) is 47.0 Å². The summed E-state index contributed by atoms with van der Waals surface area (Å²) < 4.78 is 8.68. The van der Waals surface area contributed by atoms with Crippen LogP contribution in [0.2, 0.25) is 0 Å². The molecule has 0 aliphatic rings. The summed E-state index contributed by atoms with van der Waals surface area (Å²) in [6.45, 7) is 4.42. The smallest absolute Gasteiger partial charge is 0.276 e. The molecule has 0 fully saturated rings. The van der Waals surface area contributed by atoms with Gasteiger partial charge in [-0.1, -0.05) is 42.1 Å². The molecular weight excluding hydrogens is 438 g/mol. The van der Waals surface area contributed by atoms with E-state index in [1.54, 1.807) is 6.20 Å². The highest BCUT2D eigenvalue weighted by atomic mass is 79.9. The summed E-state index contributed by atoms with van der Waals surface area (Å²) in [7, 11) is 0. The average molecular weight is 456 g/mol. The number of aryl methyl sites for hydroxylation is 1. The molecule has 0 N–H and O–H groups in total. The molecule has 0 saturated carbocycles. The molecule has 0 radical (unpaired) electrons. The summed E-state index contributed by atoms with van der Waals surface area (Å²) in [6, 6.07) is 12.3. The van der Waals surface area contributed by atoms with Gasteiger partial charge in [0, 0.05) is 23.7 Å². The minimum Gasteiger partial charge on any atom is -0.414 e. The zero-order valence-corrected chi connectivity index (χ0v) is 17.9. The SMILES string of the molecule is Cc1nn(Cc2nnc(SCc3ccccc3-c3cccnc3)o2)c(C)c1Br. The zero-order chi connectivity index (χ0) is 19.5. The Morgan fingerprint density at radius 1 is 1.11 bits per heavy atom. The Morgan fingerprint density at radius 3 is 2.71 bits per heavy atom. The van der Waals surface area contributed by atoms with Crippen LogP contribution in [0.1, 0.15) is 22.8 Å². The van der Waals surface area contributed by atoms with E-state index >= 15 is 0 Å². The zero-order valence-electron chi connectivity index (χ0n) is 15.5. The highest BCUT2D eigenvalue weighted by molar-refractivity contribution is 9.10. The summed E-state index contributed by atoms with van der Waals surface area (Å²) in [6.07, 6.45) is 3.66. The van der Waals surface area contributed by atoms with Crippen LogP contribution in [-0.4, -0.2) is 25.0 Å². The van der Waals surface area contributed by atoms with Crippen LogP contribution < -0.4 is 0 Å². The first kappa shape index (κ1) is 18.9. The van der Waals surface area contributed by atoms with Gasteiger partial charge in [-0.25, -0.2) is 0 Å². The number of nitrogens with zero attached hydrogens (tertiary/aromatic N) is 5. The van der Waals surface area contributed by atoms with Gasteiger partial charge in [-0.2, -0.15) is 5.10 Å². The number of rotatable bonds is 6. The normalized spacial score (nSPS) is 11.1. The van der Waals surface area contributed by atoms with Gasteiger partial charge < -0.3 is 4.42 Å². The highest BCUT2D eigenvalue weighted by Crippen LogP contribution is 2.29. The van der Waals surface area contributed by atoms with E-state index in [9.17, 15) is 0 Å². The molecule has 0 spiro atoms. The molecule has 0 aliphatic heterocycles. The molecule has 0 aliphatic carbocycles. The Bertz CT molecular complexity index is 1090. The van der Waals surface area contributed by atoms with Gasteiger partial charge in [-0.3, -0.25) is 9.67 Å². The second-order valence-corrected chi connectivity index (χ2v) is 8.01. The largest absolute Gasteiger partial charge is 0.414 e. The van der Waals surface area contributed by atoms with Crippen molar-refractivity contribution < 1.29 is 4.42 Å². The minimum absolute atomic E-state index is 0.456. The molecule has 3 aromatic heterocycles. The molecule has 6 nitrogen and oxygen atoms in total. The predicted octanol–water partition coefficient (Wildman–Crippen LogP) is 5.05. The van der Waals surface area contributed by atoms with Crippen molar-refractivity contribution in [3.63, 3.8) is 0 Å². The van der Waals surface area contributed by atoms with E-state index in [0.717, 1.165) is 32.7 Å². The van der Waals surface area contributed by atoms with Crippen molar-refractivity contribution in [1.29, 1.82) is 0 Å². The molecule has 4 rings (SSSR count). The van der Waals surface area contributed by atoms with Gasteiger partial charge in [-0.15, -0.1) is 10.2 Å². The second-order valence-electron chi connectivity index (χ2n) is 6.29. The molecule has 0 amide bonds. The van der Waals surface area contributed by atoms with Crippen molar-refractivity contribution in [2.45, 2.75) is 31.4 Å². The number of hydrogen-bond donors (Lipinski definition) is 0. The third-order valence-corrected chi connectivity index (χ3v) is 6.38. The van der Waals surface area contributed by atoms with E-state index in [1.165, 1.54) is 17.3 Å². The van der Waals surface area contributed by atoms with Gasteiger partial charge in [0.25, 0.3) is 5.22 Å². The molecule has 4 aromatic rings. The van der Waals surface area contributed by atoms with Gasteiger partial charge in [0.2, 0.25) is 5.89 Å². The molecule has 8 heteroatoms. The maximum absolute atomic E-state index is 5.81. The van der Waals surface area contributed by atoms with E-state index in [-0.39, 0.29) is 0 Å². The van der Waals surface area contributed by atoms with Crippen molar-refractivity contribution in [1.82, 2.24) is 25.0 Å². The Morgan fingerprint density at radius 2 is 1.96 bits per heavy atom. The van der Waals surface area contributed by atoms with E-state index < -0.39 is 0 Å². The highest BCUT2D eigenvalue weighted by Gasteiger charge is 2.14. The van der Waals surface area contributed by atoms with Gasteiger partial charge in [0.1, 0.15) is 6.54 Å². The first-order valence-corrected chi connectivity index (χ1v) is 10.5. The molecule has 0 bridgehead atoms. The lowest BCUT2D eigenvalue weighted by Gasteiger charge is -2.07. The second kappa shape index (κ2) is 8.28. The fraction of sp³-hybridized carbons (Fsp3) is 0.200. The first-order valence-electron chi connectivity index (χ1n) is 8.75. The Labute approximate surface area is 175 Å². The summed E-state index contributed by atoms with van der Waals surface area (Å²) >= 11 is 5.06. The molecule has 0 unspecified atom stereocenters. The topological polar surface area (TPSA) is 69.6 Å². The maximum Gasteiger partial charge on any atom is 0.276 e. The molecule has 0 atom stereocenters. The van der Waals surface area contributed by atoms with Crippen LogP contribution in [0.4, 0.5) is 0 Å². The van der Waals surface area contributed by atoms with Crippen molar-refractivity contribution in [2.75, 3.05) is 0 Å². The predicted molar refractivity (Wildman–Crippen MR) is 112 cm³/mol. The molecule has 28 heavy (non-hydrogen) atoms. The van der Waals surface area contributed by atoms with Crippen molar-refractivity contribution in [2.24, 2.45) is 0 Å². The van der Waals surface area contributed by atoms with E-state index in [0.29, 0.717) is 17.7 Å². The number of thioether (sulfide) groups is 1. The van der Waals surface area contributed by atoms with E-state index in [2.05, 4.69) is 54.4 Å². The quantitative estimate of drug-likeness (QED) is 0.379. The third-order valence-electron chi connectivity index (χ3n) is 4.37. The molecule has 3 heterocycles. The van der Waals surface area contributed by atoms with Crippen molar-refractivity contribution >= 4 is 27.7 Å². The molecule has 142 valence electrons. The van der Waals surface area contributed by atoms with Crippen LogP contribution in [0, 0.1) is 13.8 Å². The monoisotopic (exact) mass is 455 g/mol. The lowest BCUT2D eigenvalue weighted by atomic mass is 10.0. The molecule has 0 saturated heterocycles. The van der Waals surface area contributed by atoms with Crippen LogP contribution in [0.25, 0.3) is 11.1 Å². The number of halogens is 1. The fourth-order valence-electron chi connectivity index (χ4n) is 2.91. The third kappa shape index (κ3) is 4.02. The van der Waals surface area contributed by atoms with Gasteiger partial charge >= 0.3 is 0 Å². The number of hydrogen-bond acceptors (Lipinski definition) is 6. The number of benzene rings is 1. The molecule has 1 aromatic carbocycles. The van der Waals surface area contributed by atoms with Crippen molar-refractivity contribution in [3.05, 3.63) is 76.1 Å². The number of pyridine rings is 1. The summed E-state index contributed by atoms with van der Waals surface area (Å²) in [4.78, 5) is 4.22. The van der Waals surface area contributed by atoms with Crippen LogP contribution >= 0.6 is 27.7 Å². The van der Waals surface area contributed by atoms with Crippen LogP contribution in [0.3, 0.4) is 0 Å². The summed E-state index contributed by atoms with van der Waals surface area (Å²) in [5.74, 6) is 1.28. The summed E-state index contributed by atoms with van der Waals surface area (Å²) in [5, 5.41) is 13.4. The minimum atomic E-state index is 0.456. The van der Waals surface area contributed by atoms with Crippen LogP contribution in [0.5, 0.6) is 0 Å². The standard InChI is InChI=1S/C20H18BrN5OS/c1-13-19(21)14(2)26(25-13)11-18-23-24-20(27-18)28-12-16-6-3-4-8-17(16)15-7-5-9-22-10-15/h3-10H,11-12H2,1-2H3. The average Bonchev–Trinajstić information content (AvgIpc) is 3.27. The van der Waals surface area contributed by atoms with E-state index in [4.69, 9.17) is 4.42 Å². The van der Waals surface area contributed by atoms with Crippen molar-refractivity contribution in [3.8, 4) is 11.1 Å². The van der Waals surface area contributed by atoms with E-state index in [1.807, 2.05) is 42.9 Å². The number of aromatic nitrogens is 5. The van der Waals surface area contributed by atoms with Crippen LogP contribution in [-0.2, 0) is 12.3 Å². The lowest BCUT2D eigenvalue weighted by molar-refractivity contribution is 0.396. The van der Waals surface area contributed by atoms with Crippen LogP contribution in [0.15, 0.2) is 62.9 Å². The van der Waals surface area contributed by atoms with Gasteiger partial charge in [0.15, 0.2) is 0 Å². The fourth-order valence-corrected chi connectivity index (χ4v) is 3.98. The van der Waals surface area contributed by atoms with Gasteiger partial charge in [0.05, 0.1) is 15.9 Å². The Hall–Kier alpha value is -2.45. The first-order chi connectivity index (χ1) is 13.6. The lowest BCUT2D eigenvalue weighted by Crippen LogP contribution is -2.04. The maximum atomic E-state index is 5.81. The Kier molecular flexibility index (Phi) is 5.59. The summed E-state index contributed by atoms with van der Waals surface area (Å²) in [5.41, 5.74) is 5.44.